The second kappa shape index (κ2) is 7.11. The normalized spacial score (nSPS) is 23.0. The zero-order valence-corrected chi connectivity index (χ0v) is 13.5. The van der Waals surface area contributed by atoms with Crippen molar-refractivity contribution >= 4 is 5.95 Å². The van der Waals surface area contributed by atoms with Crippen LogP contribution in [0.25, 0.3) is 0 Å². The molecule has 1 aromatic heterocycles. The predicted octanol–water partition coefficient (Wildman–Crippen LogP) is 2.79. The number of nitrogens with zero attached hydrogens (tertiary/aromatic N) is 3. The second-order valence-corrected chi connectivity index (χ2v) is 6.43. The number of nitrogens with one attached hydrogen (secondary N) is 1. The third kappa shape index (κ3) is 3.75. The fraction of sp³-hybridized carbons (Fsp3) is 0.812. The van der Waals surface area contributed by atoms with Crippen LogP contribution in [0.1, 0.15) is 44.7 Å². The maximum absolute atomic E-state index is 4.45. The van der Waals surface area contributed by atoms with Crippen LogP contribution in [-0.2, 0) is 13.6 Å². The molecule has 1 aliphatic rings. The molecular formula is C16H30N4. The molecule has 1 saturated carbocycles. The van der Waals surface area contributed by atoms with Crippen molar-refractivity contribution in [3.8, 4) is 0 Å². The number of anilines is 1. The van der Waals surface area contributed by atoms with Gasteiger partial charge in [0, 0.05) is 27.7 Å². The summed E-state index contributed by atoms with van der Waals surface area (Å²) in [5, 5.41) is 3.62. The summed E-state index contributed by atoms with van der Waals surface area (Å²) in [7, 11) is 6.16. The minimum absolute atomic E-state index is 0.874. The van der Waals surface area contributed by atoms with Gasteiger partial charge in [0.2, 0.25) is 5.95 Å². The lowest BCUT2D eigenvalue weighted by atomic mass is 9.81. The summed E-state index contributed by atoms with van der Waals surface area (Å²) in [6, 6.07) is 0. The number of aromatic nitrogens is 2. The van der Waals surface area contributed by atoms with E-state index in [0.29, 0.717) is 0 Å². The van der Waals surface area contributed by atoms with Gasteiger partial charge in [-0.3, -0.25) is 0 Å². The molecule has 1 heterocycles. The fourth-order valence-corrected chi connectivity index (χ4v) is 3.26. The monoisotopic (exact) mass is 278 g/mol. The summed E-state index contributed by atoms with van der Waals surface area (Å²) in [5.41, 5.74) is 1.26. The van der Waals surface area contributed by atoms with Crippen molar-refractivity contribution in [1.82, 2.24) is 14.9 Å². The molecule has 0 amide bonds. The van der Waals surface area contributed by atoms with E-state index >= 15 is 0 Å². The molecule has 0 spiro atoms. The zero-order valence-electron chi connectivity index (χ0n) is 13.5. The van der Waals surface area contributed by atoms with Gasteiger partial charge in [0.1, 0.15) is 0 Å². The Morgan fingerprint density at radius 2 is 1.90 bits per heavy atom. The summed E-state index contributed by atoms with van der Waals surface area (Å²) in [5.74, 6) is 2.88. The Morgan fingerprint density at radius 1 is 1.25 bits per heavy atom. The first-order valence-corrected chi connectivity index (χ1v) is 8.00. The molecule has 1 fully saturated rings. The smallest absolute Gasteiger partial charge is 0.204 e. The van der Waals surface area contributed by atoms with Gasteiger partial charge in [0.15, 0.2) is 0 Å². The molecule has 20 heavy (non-hydrogen) atoms. The quantitative estimate of drug-likeness (QED) is 0.868. The first-order chi connectivity index (χ1) is 9.61. The highest BCUT2D eigenvalue weighted by Gasteiger charge is 2.19. The lowest BCUT2D eigenvalue weighted by molar-refractivity contribution is 0.262. The molecule has 0 aromatic carbocycles. The van der Waals surface area contributed by atoms with Gasteiger partial charge in [-0.25, -0.2) is 4.98 Å². The summed E-state index contributed by atoms with van der Waals surface area (Å²) in [4.78, 5) is 6.50. The minimum Gasteiger partial charge on any atom is -0.348 e. The molecule has 4 heteroatoms. The summed E-state index contributed by atoms with van der Waals surface area (Å²) >= 11 is 0. The van der Waals surface area contributed by atoms with Crippen molar-refractivity contribution in [2.24, 2.45) is 18.9 Å². The average Bonchev–Trinajstić information content (AvgIpc) is 2.81. The molecule has 0 radical (unpaired) electrons. The van der Waals surface area contributed by atoms with Crippen molar-refractivity contribution in [2.45, 2.75) is 45.6 Å². The maximum Gasteiger partial charge on any atom is 0.204 e. The van der Waals surface area contributed by atoms with Crippen LogP contribution in [0.15, 0.2) is 6.20 Å². The van der Waals surface area contributed by atoms with Crippen LogP contribution in [0.4, 0.5) is 5.95 Å². The molecule has 0 unspecified atom stereocenters. The van der Waals surface area contributed by atoms with E-state index in [1.807, 2.05) is 20.3 Å². The number of hydrogen-bond donors (Lipinski definition) is 1. The predicted molar refractivity (Wildman–Crippen MR) is 85.0 cm³/mol. The molecule has 1 aliphatic carbocycles. The molecule has 2 rings (SSSR count). The summed E-state index contributed by atoms with van der Waals surface area (Å²) < 4.78 is 2.17. The van der Waals surface area contributed by atoms with Crippen LogP contribution in [0, 0.1) is 11.8 Å². The van der Waals surface area contributed by atoms with Crippen LogP contribution in [-0.4, -0.2) is 30.2 Å². The van der Waals surface area contributed by atoms with Crippen LogP contribution in [0.5, 0.6) is 0 Å². The Kier molecular flexibility index (Phi) is 5.46. The third-order valence-corrected chi connectivity index (χ3v) is 4.74. The highest BCUT2D eigenvalue weighted by molar-refractivity contribution is 5.30. The minimum atomic E-state index is 0.874. The fourth-order valence-electron chi connectivity index (χ4n) is 3.26. The van der Waals surface area contributed by atoms with Gasteiger partial charge in [-0.15, -0.1) is 0 Å². The van der Waals surface area contributed by atoms with Crippen LogP contribution < -0.4 is 10.2 Å². The Hall–Kier alpha value is -1.03. The third-order valence-electron chi connectivity index (χ3n) is 4.74. The Morgan fingerprint density at radius 3 is 2.45 bits per heavy atom. The first-order valence-electron chi connectivity index (χ1n) is 8.00. The number of imidazole rings is 1. The van der Waals surface area contributed by atoms with Gasteiger partial charge in [-0.05, 0) is 31.2 Å². The van der Waals surface area contributed by atoms with Gasteiger partial charge in [0.25, 0.3) is 0 Å². The molecular weight excluding hydrogens is 248 g/mol. The zero-order chi connectivity index (χ0) is 14.5. The Labute approximate surface area is 123 Å². The van der Waals surface area contributed by atoms with E-state index in [1.54, 1.807) is 0 Å². The summed E-state index contributed by atoms with van der Waals surface area (Å²) in [6.45, 7) is 4.40. The van der Waals surface area contributed by atoms with E-state index in [4.69, 9.17) is 0 Å². The molecule has 0 saturated heterocycles. The molecule has 1 aromatic rings. The Bertz CT molecular complexity index is 403. The van der Waals surface area contributed by atoms with Crippen LogP contribution in [0.3, 0.4) is 0 Å². The van der Waals surface area contributed by atoms with E-state index in [0.717, 1.165) is 30.9 Å². The van der Waals surface area contributed by atoms with Crippen molar-refractivity contribution in [3.63, 3.8) is 0 Å². The lowest BCUT2D eigenvalue weighted by Crippen LogP contribution is -2.27. The van der Waals surface area contributed by atoms with E-state index < -0.39 is 0 Å². The highest BCUT2D eigenvalue weighted by Crippen LogP contribution is 2.30. The van der Waals surface area contributed by atoms with Crippen molar-refractivity contribution in [2.75, 3.05) is 25.5 Å². The molecule has 0 atom stereocenters. The second-order valence-electron chi connectivity index (χ2n) is 6.43. The van der Waals surface area contributed by atoms with Gasteiger partial charge in [-0.2, -0.15) is 0 Å². The van der Waals surface area contributed by atoms with Gasteiger partial charge in [-0.1, -0.05) is 26.2 Å². The lowest BCUT2D eigenvalue weighted by Gasteiger charge is -2.27. The van der Waals surface area contributed by atoms with Crippen molar-refractivity contribution in [1.29, 1.82) is 0 Å². The SMILES string of the molecule is CCC1CCC(CNCc2cnc(N(C)C)n2C)CC1. The molecule has 4 nitrogen and oxygen atoms in total. The summed E-state index contributed by atoms with van der Waals surface area (Å²) in [6.07, 6.45) is 9.01. The average molecular weight is 278 g/mol. The van der Waals surface area contributed by atoms with Crippen LogP contribution in [0.2, 0.25) is 0 Å². The Balaban J connectivity index is 1.74. The molecule has 0 aliphatic heterocycles. The largest absolute Gasteiger partial charge is 0.348 e. The number of rotatable bonds is 6. The van der Waals surface area contributed by atoms with Crippen LogP contribution >= 0.6 is 0 Å². The van der Waals surface area contributed by atoms with E-state index in [-0.39, 0.29) is 0 Å². The van der Waals surface area contributed by atoms with Gasteiger partial charge < -0.3 is 14.8 Å². The topological polar surface area (TPSA) is 33.1 Å². The van der Waals surface area contributed by atoms with E-state index in [2.05, 4.69) is 33.7 Å². The highest BCUT2D eigenvalue weighted by atomic mass is 15.3. The molecule has 1 N–H and O–H groups in total. The van der Waals surface area contributed by atoms with Crippen molar-refractivity contribution in [3.05, 3.63) is 11.9 Å². The molecule has 0 bridgehead atoms. The standard InChI is InChI=1S/C16H30N4/c1-5-13-6-8-14(9-7-13)10-17-11-15-12-18-16(19(2)3)20(15)4/h12-14,17H,5-11H2,1-4H3. The van der Waals surface area contributed by atoms with E-state index in [9.17, 15) is 0 Å². The number of hydrogen-bond acceptors (Lipinski definition) is 3. The van der Waals surface area contributed by atoms with E-state index in [1.165, 1.54) is 37.8 Å². The molecule has 114 valence electrons. The van der Waals surface area contributed by atoms with Gasteiger partial charge in [0.05, 0.1) is 11.9 Å². The van der Waals surface area contributed by atoms with Crippen molar-refractivity contribution < 1.29 is 0 Å². The maximum atomic E-state index is 4.45. The first kappa shape index (κ1) is 15.4. The van der Waals surface area contributed by atoms with Gasteiger partial charge >= 0.3 is 0 Å².